The Bertz CT molecular complexity index is 2070. The summed E-state index contributed by atoms with van der Waals surface area (Å²) in [6.45, 7) is 8.85. The van der Waals surface area contributed by atoms with E-state index in [1.165, 1.54) is 28.4 Å². The van der Waals surface area contributed by atoms with Gasteiger partial charge in [0.25, 0.3) is 0 Å². The summed E-state index contributed by atoms with van der Waals surface area (Å²) < 4.78 is 40.3. The number of rotatable bonds is 7. The number of primary amides is 1. The number of hydrogen-bond acceptors (Lipinski definition) is 6. The number of fused-ring (bicyclic) bond motifs is 4. The molecule has 0 saturated carbocycles. The second-order valence-corrected chi connectivity index (χ2v) is 14.3. The Morgan fingerprint density at radius 1 is 0.764 bits per heavy atom. The van der Waals surface area contributed by atoms with Crippen molar-refractivity contribution in [2.45, 2.75) is 32.0 Å². The van der Waals surface area contributed by atoms with Crippen molar-refractivity contribution in [3.05, 3.63) is 102 Å². The number of urea groups is 2. The Hall–Kier alpha value is -5.50. The number of H-pyrrole nitrogens is 1. The summed E-state index contributed by atoms with van der Waals surface area (Å²) >= 11 is 0. The molecule has 8 rings (SSSR count). The molecule has 4 N–H and O–H groups in total. The first-order valence-electron chi connectivity index (χ1n) is 19.0. The Kier molecular flexibility index (Phi) is 11.6. The Morgan fingerprint density at radius 2 is 1.44 bits per heavy atom. The molecule has 5 heterocycles. The van der Waals surface area contributed by atoms with Gasteiger partial charge in [0.1, 0.15) is 5.69 Å². The predicted molar refractivity (Wildman–Crippen MR) is 210 cm³/mol. The monoisotopic (exact) mass is 755 g/mol. The maximum Gasteiger partial charge on any atom is 0.433 e. The lowest BCUT2D eigenvalue weighted by Gasteiger charge is -2.37. The predicted octanol–water partition coefficient (Wildman–Crippen LogP) is 6.29. The molecule has 0 bridgehead atoms. The summed E-state index contributed by atoms with van der Waals surface area (Å²) in [6, 6.07) is 26.3. The highest BCUT2D eigenvalue weighted by Gasteiger charge is 2.34. The van der Waals surface area contributed by atoms with E-state index < -0.39 is 11.9 Å². The maximum atomic E-state index is 13.4. The molecule has 2 fully saturated rings. The quantitative estimate of drug-likeness (QED) is 0.168. The minimum absolute atomic E-state index is 0.000806. The number of nitrogens with one attached hydrogen (secondary N) is 2. The van der Waals surface area contributed by atoms with Crippen molar-refractivity contribution in [3.8, 4) is 0 Å². The Labute approximate surface area is 318 Å². The SMILES string of the molecule is NC(=O)N1CCc2[nH]c3ccccc3c2C1.O=C(NCCCCN1CCN(c2cc(C(F)(F)F)nc3ccccc23)CC1)N1CCN(c2ccccc2)CC1. The number of benzene rings is 3. The molecule has 0 aliphatic carbocycles. The Morgan fingerprint density at radius 3 is 2.16 bits per heavy atom. The molecule has 290 valence electrons. The maximum absolute atomic E-state index is 13.4. The molecular weight excluding hydrogens is 708 g/mol. The zero-order valence-corrected chi connectivity index (χ0v) is 30.9. The number of nitrogens with zero attached hydrogens (tertiary/aromatic N) is 6. The third kappa shape index (κ3) is 9.07. The summed E-state index contributed by atoms with van der Waals surface area (Å²) in [5.41, 5.74) is 10.2. The van der Waals surface area contributed by atoms with Crippen molar-refractivity contribution in [2.75, 3.05) is 81.8 Å². The van der Waals surface area contributed by atoms with Crippen molar-refractivity contribution in [2.24, 2.45) is 5.73 Å². The van der Waals surface area contributed by atoms with Gasteiger partial charge in [0.05, 0.1) is 5.52 Å². The van der Waals surface area contributed by atoms with E-state index in [0.717, 1.165) is 62.9 Å². The molecule has 2 saturated heterocycles. The number of carbonyl (C=O) groups excluding carboxylic acids is 2. The highest BCUT2D eigenvalue weighted by atomic mass is 19.4. The van der Waals surface area contributed by atoms with Crippen LogP contribution >= 0.6 is 0 Å². The molecule has 2 aromatic heterocycles. The van der Waals surface area contributed by atoms with E-state index in [2.05, 4.69) is 49.4 Å². The molecule has 0 unspecified atom stereocenters. The van der Waals surface area contributed by atoms with Crippen LogP contribution in [0.1, 0.15) is 29.8 Å². The fraction of sp³-hybridized carbons (Fsp3) is 0.390. The number of para-hydroxylation sites is 3. The lowest BCUT2D eigenvalue weighted by Crippen LogP contribution is -2.52. The summed E-state index contributed by atoms with van der Waals surface area (Å²) in [5, 5.41) is 5.00. The minimum atomic E-state index is -4.48. The first-order chi connectivity index (χ1) is 26.6. The van der Waals surface area contributed by atoms with E-state index in [9.17, 15) is 22.8 Å². The standard InChI is InChI=1S/C29H35F3N6O.C12H13N3O/c30-29(31,32)27-22-26(24-10-4-5-11-25(24)34-27)37-16-14-35(15-17-37)13-7-6-12-33-28(39)38-20-18-36(19-21-38)23-8-2-1-3-9-23;13-12(16)15-6-5-11-9(7-15)8-3-1-2-4-10(8)14-11/h1-5,8-11,22H,6-7,12-21H2,(H,33,39);1-4,14H,5-7H2,(H2,13,16). The average Bonchev–Trinajstić information content (AvgIpc) is 3.59. The van der Waals surface area contributed by atoms with Crippen LogP contribution in [-0.2, 0) is 19.1 Å². The van der Waals surface area contributed by atoms with Crippen LogP contribution in [0.5, 0.6) is 0 Å². The lowest BCUT2D eigenvalue weighted by molar-refractivity contribution is -0.140. The number of alkyl halides is 3. The number of anilines is 2. The van der Waals surface area contributed by atoms with Crippen molar-refractivity contribution >= 4 is 45.2 Å². The molecule has 3 aliphatic heterocycles. The molecule has 55 heavy (non-hydrogen) atoms. The topological polar surface area (TPSA) is 117 Å². The molecule has 3 aliphatic rings. The molecule has 5 aromatic rings. The van der Waals surface area contributed by atoms with Crippen LogP contribution in [0.2, 0.25) is 0 Å². The summed E-state index contributed by atoms with van der Waals surface area (Å²) in [7, 11) is 0. The van der Waals surface area contributed by atoms with E-state index in [1.807, 2.05) is 52.3 Å². The van der Waals surface area contributed by atoms with E-state index in [-0.39, 0.29) is 12.1 Å². The number of unbranched alkanes of at least 4 members (excludes halogenated alkanes) is 1. The first kappa shape index (κ1) is 37.8. The molecule has 11 nitrogen and oxygen atoms in total. The largest absolute Gasteiger partial charge is 0.433 e. The normalized spacial score (nSPS) is 16.5. The number of piperazine rings is 2. The number of amides is 4. The fourth-order valence-electron chi connectivity index (χ4n) is 7.70. The van der Waals surface area contributed by atoms with Crippen molar-refractivity contribution in [1.82, 2.24) is 30.0 Å². The van der Waals surface area contributed by atoms with Gasteiger partial charge in [-0.25, -0.2) is 14.6 Å². The van der Waals surface area contributed by atoms with Crippen LogP contribution in [0, 0.1) is 0 Å². The zero-order valence-electron chi connectivity index (χ0n) is 30.9. The number of halogens is 3. The van der Waals surface area contributed by atoms with Gasteiger partial charge in [-0.15, -0.1) is 0 Å². The van der Waals surface area contributed by atoms with Crippen LogP contribution in [0.15, 0.2) is 84.9 Å². The molecular formula is C41H48F3N9O2. The number of nitrogens with two attached hydrogens (primary N) is 1. The first-order valence-corrected chi connectivity index (χ1v) is 19.0. The van der Waals surface area contributed by atoms with Crippen molar-refractivity contribution < 1.29 is 22.8 Å². The second kappa shape index (κ2) is 16.9. The number of hydrogen-bond donors (Lipinski definition) is 3. The van der Waals surface area contributed by atoms with Gasteiger partial charge in [0, 0.05) is 117 Å². The molecule has 0 spiro atoms. The number of carbonyl (C=O) groups is 2. The number of aromatic amines is 1. The van der Waals surface area contributed by atoms with E-state index in [4.69, 9.17) is 5.73 Å². The van der Waals surface area contributed by atoms with Crippen molar-refractivity contribution in [1.29, 1.82) is 0 Å². The van der Waals surface area contributed by atoms with Crippen molar-refractivity contribution in [3.63, 3.8) is 0 Å². The van der Waals surface area contributed by atoms with Crippen LogP contribution in [0.25, 0.3) is 21.8 Å². The van der Waals surface area contributed by atoms with Gasteiger partial charge in [0.15, 0.2) is 0 Å². The van der Waals surface area contributed by atoms with E-state index >= 15 is 0 Å². The highest BCUT2D eigenvalue weighted by Crippen LogP contribution is 2.35. The number of aromatic nitrogens is 2. The van der Waals surface area contributed by atoms with Gasteiger partial charge >= 0.3 is 18.2 Å². The molecule has 3 aromatic carbocycles. The Balaban J connectivity index is 0.000000240. The molecule has 0 atom stereocenters. The van der Waals surface area contributed by atoms with Gasteiger partial charge < -0.3 is 35.6 Å². The van der Waals surface area contributed by atoms with Crippen LogP contribution in [0.3, 0.4) is 0 Å². The van der Waals surface area contributed by atoms with Gasteiger partial charge in [-0.3, -0.25) is 4.90 Å². The van der Waals surface area contributed by atoms with Gasteiger partial charge in [0.2, 0.25) is 0 Å². The van der Waals surface area contributed by atoms with Crippen LogP contribution in [-0.4, -0.2) is 109 Å². The van der Waals surface area contributed by atoms with Crippen LogP contribution < -0.4 is 20.9 Å². The summed E-state index contributed by atoms with van der Waals surface area (Å²) in [6.07, 6.45) is -1.78. The molecule has 0 radical (unpaired) electrons. The third-order valence-corrected chi connectivity index (χ3v) is 10.8. The van der Waals surface area contributed by atoms with E-state index in [1.54, 1.807) is 17.0 Å². The second-order valence-electron chi connectivity index (χ2n) is 14.3. The minimum Gasteiger partial charge on any atom is -0.368 e. The highest BCUT2D eigenvalue weighted by molar-refractivity contribution is 5.92. The van der Waals surface area contributed by atoms with E-state index in [0.29, 0.717) is 57.0 Å². The number of pyridine rings is 1. The summed E-state index contributed by atoms with van der Waals surface area (Å²) in [5.74, 6) is 0. The molecule has 4 amide bonds. The van der Waals surface area contributed by atoms with Gasteiger partial charge in [-0.2, -0.15) is 13.2 Å². The molecule has 14 heteroatoms. The van der Waals surface area contributed by atoms with Crippen LogP contribution in [0.4, 0.5) is 34.1 Å². The lowest BCUT2D eigenvalue weighted by atomic mass is 10.1. The van der Waals surface area contributed by atoms with Gasteiger partial charge in [-0.1, -0.05) is 54.6 Å². The average molecular weight is 756 g/mol. The van der Waals surface area contributed by atoms with Gasteiger partial charge in [-0.05, 0) is 49.7 Å². The zero-order chi connectivity index (χ0) is 38.4. The fourth-order valence-corrected chi connectivity index (χ4v) is 7.70. The summed E-state index contributed by atoms with van der Waals surface area (Å²) in [4.78, 5) is 41.2. The smallest absolute Gasteiger partial charge is 0.368 e. The third-order valence-electron chi connectivity index (χ3n) is 10.8.